The van der Waals surface area contributed by atoms with Crippen molar-refractivity contribution in [3.05, 3.63) is 35.6 Å². The van der Waals surface area contributed by atoms with Crippen molar-refractivity contribution in [1.82, 2.24) is 4.90 Å². The first-order valence-corrected chi connectivity index (χ1v) is 6.69. The number of aliphatic hydroxyl groups excluding tert-OH is 1. The van der Waals surface area contributed by atoms with Gasteiger partial charge in [-0.15, -0.1) is 0 Å². The number of carbonyl (C=O) groups is 1. The van der Waals surface area contributed by atoms with Crippen molar-refractivity contribution in [2.45, 2.75) is 13.0 Å². The summed E-state index contributed by atoms with van der Waals surface area (Å²) in [6.45, 7) is 3.20. The minimum absolute atomic E-state index is 0.106. The predicted octanol–water partition coefficient (Wildman–Crippen LogP) is 1.57. The molecule has 1 N–H and O–H groups in total. The highest BCUT2D eigenvalue weighted by Crippen LogP contribution is 2.22. The van der Waals surface area contributed by atoms with Crippen molar-refractivity contribution < 1.29 is 19.1 Å². The second-order valence-electron chi connectivity index (χ2n) is 5.06. The summed E-state index contributed by atoms with van der Waals surface area (Å²) in [5, 5.41) is 10.2. The van der Waals surface area contributed by atoms with Crippen LogP contribution in [0.5, 0.6) is 0 Å². The van der Waals surface area contributed by atoms with Crippen LogP contribution in [0, 0.1) is 6.92 Å². The topological polar surface area (TPSA) is 62.9 Å². The molecule has 0 radical (unpaired) electrons. The Morgan fingerprint density at radius 3 is 3.10 bits per heavy atom. The van der Waals surface area contributed by atoms with E-state index >= 15 is 0 Å². The molecule has 5 heteroatoms. The van der Waals surface area contributed by atoms with Gasteiger partial charge in [0.05, 0.1) is 25.9 Å². The summed E-state index contributed by atoms with van der Waals surface area (Å²) in [6.07, 6.45) is 0. The molecule has 1 atom stereocenters. The first kappa shape index (κ1) is 13.1. The van der Waals surface area contributed by atoms with Crippen LogP contribution in [0.2, 0.25) is 0 Å². The summed E-state index contributed by atoms with van der Waals surface area (Å²) in [7, 11) is 0. The molecule has 2 aromatic rings. The average molecular weight is 275 g/mol. The van der Waals surface area contributed by atoms with E-state index in [2.05, 4.69) is 0 Å². The highest BCUT2D eigenvalue weighted by atomic mass is 16.5. The van der Waals surface area contributed by atoms with Crippen molar-refractivity contribution in [2.24, 2.45) is 0 Å². The van der Waals surface area contributed by atoms with Crippen LogP contribution in [-0.4, -0.2) is 48.3 Å². The largest absolute Gasteiger partial charge is 0.451 e. The van der Waals surface area contributed by atoms with E-state index in [4.69, 9.17) is 9.15 Å². The van der Waals surface area contributed by atoms with Gasteiger partial charge in [0.25, 0.3) is 5.91 Å². The minimum Gasteiger partial charge on any atom is -0.451 e. The fraction of sp³-hybridized carbons (Fsp3) is 0.400. The molecular formula is C15H17NO4. The molecule has 1 fully saturated rings. The Morgan fingerprint density at radius 1 is 1.45 bits per heavy atom. The molecule has 1 aliphatic rings. The van der Waals surface area contributed by atoms with E-state index < -0.39 is 0 Å². The van der Waals surface area contributed by atoms with Crippen LogP contribution >= 0.6 is 0 Å². The zero-order valence-electron chi connectivity index (χ0n) is 11.3. The fourth-order valence-electron chi connectivity index (χ4n) is 2.46. The van der Waals surface area contributed by atoms with E-state index in [-0.39, 0.29) is 18.6 Å². The number of fused-ring (bicyclic) bond motifs is 1. The number of aryl methyl sites for hydroxylation is 1. The molecule has 0 saturated carbocycles. The van der Waals surface area contributed by atoms with Gasteiger partial charge in [-0.2, -0.15) is 0 Å². The molecule has 3 rings (SSSR count). The zero-order chi connectivity index (χ0) is 14.1. The van der Waals surface area contributed by atoms with Crippen molar-refractivity contribution in [1.29, 1.82) is 0 Å². The van der Waals surface area contributed by atoms with Crippen LogP contribution in [0.4, 0.5) is 0 Å². The van der Waals surface area contributed by atoms with E-state index in [1.165, 1.54) is 0 Å². The van der Waals surface area contributed by atoms with Crippen LogP contribution in [0.1, 0.15) is 16.1 Å². The zero-order valence-corrected chi connectivity index (χ0v) is 11.3. The SMILES string of the molecule is Cc1ccc2cc(C(=O)N3CCOCC3CO)oc2c1. The number of amides is 1. The number of hydrogen-bond acceptors (Lipinski definition) is 4. The predicted molar refractivity (Wildman–Crippen MR) is 73.7 cm³/mol. The summed E-state index contributed by atoms with van der Waals surface area (Å²) in [5.74, 6) is 0.118. The van der Waals surface area contributed by atoms with E-state index in [0.29, 0.717) is 31.1 Å². The van der Waals surface area contributed by atoms with Gasteiger partial charge in [-0.05, 0) is 24.6 Å². The Balaban J connectivity index is 1.91. The van der Waals surface area contributed by atoms with Gasteiger partial charge in [0.1, 0.15) is 5.58 Å². The standard InChI is InChI=1S/C15H17NO4/c1-10-2-3-11-7-14(20-13(11)6-10)15(18)16-4-5-19-9-12(16)8-17/h2-3,6-7,12,17H,4-5,8-9H2,1H3. The van der Waals surface area contributed by atoms with Gasteiger partial charge in [0.15, 0.2) is 5.76 Å². The van der Waals surface area contributed by atoms with Crippen molar-refractivity contribution >= 4 is 16.9 Å². The van der Waals surface area contributed by atoms with E-state index in [1.807, 2.05) is 25.1 Å². The molecule has 106 valence electrons. The fourth-order valence-corrected chi connectivity index (χ4v) is 2.46. The van der Waals surface area contributed by atoms with Crippen LogP contribution in [0.3, 0.4) is 0 Å². The third-order valence-electron chi connectivity index (χ3n) is 3.59. The number of hydrogen-bond donors (Lipinski definition) is 1. The number of aliphatic hydroxyl groups is 1. The van der Waals surface area contributed by atoms with Gasteiger partial charge in [-0.25, -0.2) is 0 Å². The van der Waals surface area contributed by atoms with Gasteiger partial charge >= 0.3 is 0 Å². The maximum absolute atomic E-state index is 12.5. The number of nitrogens with zero attached hydrogens (tertiary/aromatic N) is 1. The smallest absolute Gasteiger partial charge is 0.290 e. The second kappa shape index (κ2) is 5.26. The lowest BCUT2D eigenvalue weighted by Crippen LogP contribution is -2.50. The molecule has 1 amide bonds. The van der Waals surface area contributed by atoms with Gasteiger partial charge in [0, 0.05) is 11.9 Å². The van der Waals surface area contributed by atoms with Crippen LogP contribution < -0.4 is 0 Å². The van der Waals surface area contributed by atoms with Crippen molar-refractivity contribution in [3.63, 3.8) is 0 Å². The molecule has 0 aliphatic carbocycles. The minimum atomic E-state index is -0.300. The molecule has 5 nitrogen and oxygen atoms in total. The van der Waals surface area contributed by atoms with Crippen LogP contribution in [0.25, 0.3) is 11.0 Å². The average Bonchev–Trinajstić information content (AvgIpc) is 2.89. The maximum Gasteiger partial charge on any atom is 0.290 e. The van der Waals surface area contributed by atoms with Crippen molar-refractivity contribution in [2.75, 3.05) is 26.4 Å². The Hall–Kier alpha value is -1.85. The molecule has 1 saturated heterocycles. The Kier molecular flexibility index (Phi) is 3.46. The number of furan rings is 1. The number of rotatable bonds is 2. The van der Waals surface area contributed by atoms with Gasteiger partial charge in [-0.3, -0.25) is 4.79 Å². The van der Waals surface area contributed by atoms with Gasteiger partial charge in [0.2, 0.25) is 0 Å². The first-order chi connectivity index (χ1) is 9.69. The lowest BCUT2D eigenvalue weighted by Gasteiger charge is -2.33. The quantitative estimate of drug-likeness (QED) is 0.903. The van der Waals surface area contributed by atoms with Crippen LogP contribution in [0.15, 0.2) is 28.7 Å². The Morgan fingerprint density at radius 2 is 2.30 bits per heavy atom. The summed E-state index contributed by atoms with van der Waals surface area (Å²) < 4.78 is 10.9. The third-order valence-corrected chi connectivity index (χ3v) is 3.59. The molecule has 2 heterocycles. The molecule has 20 heavy (non-hydrogen) atoms. The molecule has 1 aromatic heterocycles. The molecule has 1 aliphatic heterocycles. The number of ether oxygens (including phenoxy) is 1. The summed E-state index contributed by atoms with van der Waals surface area (Å²) >= 11 is 0. The first-order valence-electron chi connectivity index (χ1n) is 6.69. The Bertz CT molecular complexity index is 634. The monoisotopic (exact) mass is 275 g/mol. The summed E-state index contributed by atoms with van der Waals surface area (Å²) in [6, 6.07) is 7.28. The van der Waals surface area contributed by atoms with E-state index in [1.54, 1.807) is 11.0 Å². The van der Waals surface area contributed by atoms with Gasteiger partial charge in [-0.1, -0.05) is 12.1 Å². The van der Waals surface area contributed by atoms with E-state index in [0.717, 1.165) is 10.9 Å². The number of benzene rings is 1. The van der Waals surface area contributed by atoms with Crippen LogP contribution in [-0.2, 0) is 4.74 Å². The molecule has 0 spiro atoms. The highest BCUT2D eigenvalue weighted by molar-refractivity contribution is 5.96. The second-order valence-corrected chi connectivity index (χ2v) is 5.06. The van der Waals surface area contributed by atoms with Crippen molar-refractivity contribution in [3.8, 4) is 0 Å². The number of carbonyl (C=O) groups excluding carboxylic acids is 1. The molecule has 1 unspecified atom stereocenters. The molecular weight excluding hydrogens is 258 g/mol. The highest BCUT2D eigenvalue weighted by Gasteiger charge is 2.29. The third kappa shape index (κ3) is 2.30. The Labute approximate surface area is 116 Å². The normalized spacial score (nSPS) is 19.5. The summed E-state index contributed by atoms with van der Waals surface area (Å²) in [4.78, 5) is 14.1. The summed E-state index contributed by atoms with van der Waals surface area (Å²) in [5.41, 5.74) is 1.80. The molecule has 0 bridgehead atoms. The van der Waals surface area contributed by atoms with E-state index in [9.17, 15) is 9.90 Å². The maximum atomic E-state index is 12.5. The number of morpholine rings is 1. The van der Waals surface area contributed by atoms with Gasteiger partial charge < -0.3 is 19.2 Å². The lowest BCUT2D eigenvalue weighted by atomic mass is 10.2. The molecule has 1 aromatic carbocycles. The lowest BCUT2D eigenvalue weighted by molar-refractivity contribution is -0.0195.